The number of phenols is 1. The maximum Gasteiger partial charge on any atom is 0.336 e. The molecular formula is C10H10O5. The van der Waals surface area contributed by atoms with Gasteiger partial charge in [0.1, 0.15) is 0 Å². The van der Waals surface area contributed by atoms with Crippen molar-refractivity contribution in [2.45, 2.75) is 6.92 Å². The Hall–Kier alpha value is -2.04. The summed E-state index contributed by atoms with van der Waals surface area (Å²) in [4.78, 5) is 21.3. The van der Waals surface area contributed by atoms with Gasteiger partial charge in [0.25, 0.3) is 0 Å². The van der Waals surface area contributed by atoms with E-state index in [9.17, 15) is 14.7 Å². The van der Waals surface area contributed by atoms with Crippen LogP contribution in [-0.4, -0.2) is 29.1 Å². The van der Waals surface area contributed by atoms with Gasteiger partial charge in [-0.3, -0.25) is 4.79 Å². The third-order valence-corrected chi connectivity index (χ3v) is 1.79. The third kappa shape index (κ3) is 2.25. The molecule has 0 radical (unpaired) electrons. The van der Waals surface area contributed by atoms with E-state index in [1.807, 2.05) is 0 Å². The van der Waals surface area contributed by atoms with E-state index >= 15 is 0 Å². The van der Waals surface area contributed by atoms with Crippen LogP contribution < -0.4 is 4.74 Å². The molecule has 0 aliphatic heterocycles. The van der Waals surface area contributed by atoms with Gasteiger partial charge < -0.3 is 14.9 Å². The molecule has 0 amide bonds. The summed E-state index contributed by atoms with van der Waals surface area (Å²) >= 11 is 0. The number of ether oxygens (including phenoxy) is 1. The fourth-order valence-electron chi connectivity index (χ4n) is 1.14. The fraction of sp³-hybridized carbons (Fsp3) is 0.200. The van der Waals surface area contributed by atoms with Gasteiger partial charge in [-0.1, -0.05) is 0 Å². The van der Waals surface area contributed by atoms with Crippen LogP contribution in [0.2, 0.25) is 0 Å². The van der Waals surface area contributed by atoms with Crippen molar-refractivity contribution in [3.8, 4) is 11.5 Å². The SMILES string of the molecule is CCOc1cc(C=O)c(C(=O)O)cc1O. The highest BCUT2D eigenvalue weighted by molar-refractivity contribution is 5.98. The highest BCUT2D eigenvalue weighted by atomic mass is 16.5. The van der Waals surface area contributed by atoms with Crippen LogP contribution in [0.1, 0.15) is 27.6 Å². The predicted octanol–water partition coefficient (Wildman–Crippen LogP) is 1.30. The number of aldehydes is 1. The minimum absolute atomic E-state index is 0.0243. The summed E-state index contributed by atoms with van der Waals surface area (Å²) < 4.78 is 5.01. The van der Waals surface area contributed by atoms with E-state index in [-0.39, 0.29) is 22.6 Å². The molecule has 0 saturated heterocycles. The Balaban J connectivity index is 3.28. The molecule has 1 aromatic carbocycles. The lowest BCUT2D eigenvalue weighted by atomic mass is 10.1. The maximum absolute atomic E-state index is 10.7. The van der Waals surface area contributed by atoms with Crippen molar-refractivity contribution in [2.75, 3.05) is 6.61 Å². The summed E-state index contributed by atoms with van der Waals surface area (Å²) in [6, 6.07) is 2.20. The van der Waals surface area contributed by atoms with Gasteiger partial charge in [0.15, 0.2) is 17.8 Å². The molecule has 0 unspecified atom stereocenters. The molecule has 0 spiro atoms. The highest BCUT2D eigenvalue weighted by Crippen LogP contribution is 2.29. The molecule has 5 heteroatoms. The number of rotatable bonds is 4. The molecule has 0 aliphatic carbocycles. The van der Waals surface area contributed by atoms with E-state index < -0.39 is 5.97 Å². The van der Waals surface area contributed by atoms with Crippen LogP contribution in [0.15, 0.2) is 12.1 Å². The second-order valence-corrected chi connectivity index (χ2v) is 2.76. The van der Waals surface area contributed by atoms with Crippen molar-refractivity contribution in [3.63, 3.8) is 0 Å². The Bertz CT molecular complexity index is 397. The number of aromatic carboxylic acids is 1. The molecule has 0 heterocycles. The summed E-state index contributed by atoms with van der Waals surface area (Å²) in [6.07, 6.45) is 0.408. The van der Waals surface area contributed by atoms with Crippen molar-refractivity contribution in [2.24, 2.45) is 0 Å². The van der Waals surface area contributed by atoms with Crippen molar-refractivity contribution in [1.82, 2.24) is 0 Å². The summed E-state index contributed by atoms with van der Waals surface area (Å²) in [7, 11) is 0. The van der Waals surface area contributed by atoms with Gasteiger partial charge in [0, 0.05) is 5.56 Å². The Morgan fingerprint density at radius 2 is 2.20 bits per heavy atom. The maximum atomic E-state index is 10.7. The van der Waals surface area contributed by atoms with Gasteiger partial charge in [0.05, 0.1) is 12.2 Å². The van der Waals surface area contributed by atoms with E-state index in [0.717, 1.165) is 6.07 Å². The Labute approximate surface area is 85.9 Å². The number of aromatic hydroxyl groups is 1. The second-order valence-electron chi connectivity index (χ2n) is 2.76. The number of carbonyl (C=O) groups excluding carboxylic acids is 1. The van der Waals surface area contributed by atoms with E-state index in [1.54, 1.807) is 6.92 Å². The molecule has 1 rings (SSSR count). The van der Waals surface area contributed by atoms with Gasteiger partial charge in [-0.05, 0) is 19.1 Å². The van der Waals surface area contributed by atoms with Crippen LogP contribution in [0.3, 0.4) is 0 Å². The third-order valence-electron chi connectivity index (χ3n) is 1.79. The smallest absolute Gasteiger partial charge is 0.336 e. The molecule has 80 valence electrons. The first kappa shape index (κ1) is 11.0. The molecule has 0 atom stereocenters. The summed E-state index contributed by atoms with van der Waals surface area (Å²) in [5.74, 6) is -1.46. The number of phenolic OH excluding ortho intramolecular Hbond substituents is 1. The first-order valence-electron chi connectivity index (χ1n) is 4.28. The zero-order chi connectivity index (χ0) is 11.4. The van der Waals surface area contributed by atoms with Gasteiger partial charge in [-0.2, -0.15) is 0 Å². The van der Waals surface area contributed by atoms with Crippen molar-refractivity contribution < 1.29 is 24.5 Å². The molecular weight excluding hydrogens is 200 g/mol. The van der Waals surface area contributed by atoms with Crippen molar-refractivity contribution in [3.05, 3.63) is 23.3 Å². The van der Waals surface area contributed by atoms with Crippen molar-refractivity contribution in [1.29, 1.82) is 0 Å². The number of hydrogen-bond acceptors (Lipinski definition) is 4. The normalized spacial score (nSPS) is 9.67. The molecule has 5 nitrogen and oxygen atoms in total. The van der Waals surface area contributed by atoms with E-state index in [2.05, 4.69) is 0 Å². The number of carboxylic acids is 1. The average molecular weight is 210 g/mol. The number of carbonyl (C=O) groups is 2. The number of hydrogen-bond donors (Lipinski definition) is 2. The Kier molecular flexibility index (Phi) is 3.28. The number of benzene rings is 1. The molecule has 2 N–H and O–H groups in total. The standard InChI is InChI=1S/C10H10O5/c1-2-15-9-3-6(5-11)7(10(13)14)4-8(9)12/h3-5,12H,2H2,1H3,(H,13,14). The summed E-state index contributed by atoms with van der Waals surface area (Å²) in [6.45, 7) is 2.03. The first-order chi connectivity index (χ1) is 7.10. The minimum Gasteiger partial charge on any atom is -0.504 e. The summed E-state index contributed by atoms with van der Waals surface area (Å²) in [5, 5.41) is 18.1. The molecule has 0 saturated carbocycles. The second kappa shape index (κ2) is 4.45. The van der Waals surface area contributed by atoms with E-state index in [1.165, 1.54) is 6.07 Å². The quantitative estimate of drug-likeness (QED) is 0.732. The lowest BCUT2D eigenvalue weighted by Gasteiger charge is -2.08. The lowest BCUT2D eigenvalue weighted by Crippen LogP contribution is -2.03. The van der Waals surface area contributed by atoms with Crippen LogP contribution in [0.25, 0.3) is 0 Å². The topological polar surface area (TPSA) is 83.8 Å². The minimum atomic E-state index is -1.27. The zero-order valence-corrected chi connectivity index (χ0v) is 8.06. The fourth-order valence-corrected chi connectivity index (χ4v) is 1.14. The molecule has 0 fully saturated rings. The van der Waals surface area contributed by atoms with Gasteiger partial charge in [-0.25, -0.2) is 4.79 Å². The molecule has 0 bridgehead atoms. The summed E-state index contributed by atoms with van der Waals surface area (Å²) in [5.41, 5.74) is -0.269. The van der Waals surface area contributed by atoms with Crippen LogP contribution >= 0.6 is 0 Å². The molecule has 0 aliphatic rings. The molecule has 1 aromatic rings. The van der Waals surface area contributed by atoms with Crippen molar-refractivity contribution >= 4 is 12.3 Å². The van der Waals surface area contributed by atoms with Crippen LogP contribution in [0.5, 0.6) is 11.5 Å². The van der Waals surface area contributed by atoms with Crippen LogP contribution in [0.4, 0.5) is 0 Å². The van der Waals surface area contributed by atoms with Gasteiger partial charge >= 0.3 is 5.97 Å². The molecule has 15 heavy (non-hydrogen) atoms. The number of carboxylic acid groups (broad SMARTS) is 1. The average Bonchev–Trinajstić information content (AvgIpc) is 2.20. The highest BCUT2D eigenvalue weighted by Gasteiger charge is 2.14. The van der Waals surface area contributed by atoms with Crippen LogP contribution in [0, 0.1) is 0 Å². The van der Waals surface area contributed by atoms with E-state index in [0.29, 0.717) is 12.9 Å². The van der Waals surface area contributed by atoms with E-state index in [4.69, 9.17) is 9.84 Å². The zero-order valence-electron chi connectivity index (χ0n) is 8.06. The first-order valence-corrected chi connectivity index (χ1v) is 4.28. The van der Waals surface area contributed by atoms with Gasteiger partial charge in [0.2, 0.25) is 0 Å². The lowest BCUT2D eigenvalue weighted by molar-refractivity contribution is 0.0693. The Morgan fingerprint density at radius 1 is 1.53 bits per heavy atom. The monoisotopic (exact) mass is 210 g/mol. The predicted molar refractivity (Wildman–Crippen MR) is 51.6 cm³/mol. The van der Waals surface area contributed by atoms with Gasteiger partial charge in [-0.15, -0.1) is 0 Å². The Morgan fingerprint density at radius 3 is 2.67 bits per heavy atom. The van der Waals surface area contributed by atoms with Crippen LogP contribution in [-0.2, 0) is 0 Å². The largest absolute Gasteiger partial charge is 0.504 e. The molecule has 0 aromatic heterocycles.